The molecule has 0 spiro atoms. The molecule has 1 aromatic carbocycles. The third-order valence-corrected chi connectivity index (χ3v) is 6.94. The normalized spacial score (nSPS) is 16.1. The maximum atomic E-state index is 13.4. The van der Waals surface area contributed by atoms with E-state index in [0.29, 0.717) is 20.6 Å². The molecule has 0 bridgehead atoms. The average molecular weight is 454 g/mol. The van der Waals surface area contributed by atoms with Crippen molar-refractivity contribution in [2.24, 2.45) is 4.99 Å². The molecule has 8 heteroatoms. The van der Waals surface area contributed by atoms with Gasteiger partial charge in [-0.15, -0.1) is 11.3 Å². The minimum Gasteiger partial charge on any atom is -0.463 e. The zero-order valence-electron chi connectivity index (χ0n) is 17.8. The first kappa shape index (κ1) is 21.3. The zero-order chi connectivity index (χ0) is 22.1. The van der Waals surface area contributed by atoms with E-state index in [1.165, 1.54) is 22.7 Å². The van der Waals surface area contributed by atoms with E-state index in [2.05, 4.69) is 4.99 Å². The highest BCUT2D eigenvalue weighted by Crippen LogP contribution is 2.33. The first-order valence-corrected chi connectivity index (χ1v) is 11.6. The minimum atomic E-state index is -0.534. The first-order chi connectivity index (χ1) is 14.9. The van der Waals surface area contributed by atoms with E-state index in [-0.39, 0.29) is 12.2 Å². The Morgan fingerprint density at radius 1 is 1.26 bits per heavy atom. The summed E-state index contributed by atoms with van der Waals surface area (Å²) >= 11 is 2.84. The van der Waals surface area contributed by atoms with Crippen LogP contribution in [-0.2, 0) is 9.53 Å². The molecule has 0 saturated carbocycles. The monoisotopic (exact) mass is 453 g/mol. The fraction of sp³-hybridized carbons (Fsp3) is 0.261. The van der Waals surface area contributed by atoms with Gasteiger partial charge in [-0.2, -0.15) is 0 Å². The first-order valence-electron chi connectivity index (χ1n) is 9.91. The van der Waals surface area contributed by atoms with Crippen molar-refractivity contribution in [2.75, 3.05) is 25.6 Å². The number of carbonyl (C=O) groups is 1. The summed E-state index contributed by atoms with van der Waals surface area (Å²) in [6.07, 6.45) is 1.87. The van der Waals surface area contributed by atoms with Crippen LogP contribution in [0.2, 0.25) is 0 Å². The van der Waals surface area contributed by atoms with Gasteiger partial charge in [-0.1, -0.05) is 29.5 Å². The van der Waals surface area contributed by atoms with Crippen molar-refractivity contribution < 1.29 is 9.53 Å². The molecule has 0 aliphatic carbocycles. The Kier molecular flexibility index (Phi) is 5.93. The number of aromatic nitrogens is 1. The standard InChI is InChI=1S/C23H23N3O3S2/c1-5-29-22(28)19-14(2)24-23-26(20(19)17-7-6-12-30-17)21(27)18(31-23)13-15-8-10-16(11-9-15)25(3)4/h6-13,20H,5H2,1-4H3/b18-13+. The van der Waals surface area contributed by atoms with E-state index in [4.69, 9.17) is 4.74 Å². The molecule has 0 amide bonds. The maximum Gasteiger partial charge on any atom is 0.338 e. The van der Waals surface area contributed by atoms with Crippen LogP contribution in [0.1, 0.15) is 30.3 Å². The molecule has 4 rings (SSSR count). The maximum absolute atomic E-state index is 13.4. The van der Waals surface area contributed by atoms with Crippen molar-refractivity contribution in [3.05, 3.63) is 83.2 Å². The summed E-state index contributed by atoms with van der Waals surface area (Å²) in [6, 6.07) is 11.3. The van der Waals surface area contributed by atoms with Crippen LogP contribution in [0.3, 0.4) is 0 Å². The summed E-state index contributed by atoms with van der Waals surface area (Å²) in [4.78, 5) is 34.3. The highest BCUT2D eigenvalue weighted by molar-refractivity contribution is 7.10. The Bertz CT molecular complexity index is 1310. The van der Waals surface area contributed by atoms with Crippen LogP contribution in [0.25, 0.3) is 6.08 Å². The molecule has 1 unspecified atom stereocenters. The molecule has 6 nitrogen and oxygen atoms in total. The second-order valence-corrected chi connectivity index (χ2v) is 9.29. The number of benzene rings is 1. The topological polar surface area (TPSA) is 63.9 Å². The van der Waals surface area contributed by atoms with Crippen molar-refractivity contribution in [1.82, 2.24) is 4.57 Å². The van der Waals surface area contributed by atoms with Gasteiger partial charge >= 0.3 is 5.97 Å². The number of thiophene rings is 1. The number of anilines is 1. The largest absolute Gasteiger partial charge is 0.463 e. The van der Waals surface area contributed by atoms with Crippen molar-refractivity contribution in [3.8, 4) is 0 Å². The van der Waals surface area contributed by atoms with E-state index in [9.17, 15) is 9.59 Å². The number of rotatable bonds is 5. The molecule has 1 aliphatic rings. The summed E-state index contributed by atoms with van der Waals surface area (Å²) in [5.41, 5.74) is 2.86. The summed E-state index contributed by atoms with van der Waals surface area (Å²) in [7, 11) is 3.97. The molecule has 160 valence electrons. The Labute approximate surface area is 188 Å². The minimum absolute atomic E-state index is 0.159. The van der Waals surface area contributed by atoms with Gasteiger partial charge in [0.15, 0.2) is 4.80 Å². The molecule has 0 N–H and O–H groups in total. The summed E-state index contributed by atoms with van der Waals surface area (Å²) in [5.74, 6) is -0.435. The fourth-order valence-electron chi connectivity index (χ4n) is 3.53. The molecule has 2 aromatic heterocycles. The average Bonchev–Trinajstić information content (AvgIpc) is 3.36. The number of hydrogen-bond donors (Lipinski definition) is 0. The zero-order valence-corrected chi connectivity index (χ0v) is 19.4. The Balaban J connectivity index is 1.87. The molecule has 1 atom stereocenters. The molecule has 0 radical (unpaired) electrons. The van der Waals surface area contributed by atoms with Crippen molar-refractivity contribution >= 4 is 40.4 Å². The van der Waals surface area contributed by atoms with Gasteiger partial charge in [-0.25, -0.2) is 9.79 Å². The number of ether oxygens (including phenoxy) is 1. The number of fused-ring (bicyclic) bond motifs is 1. The van der Waals surface area contributed by atoms with Crippen LogP contribution in [0.5, 0.6) is 0 Å². The predicted octanol–water partition coefficient (Wildman–Crippen LogP) is 2.93. The van der Waals surface area contributed by atoms with Crippen LogP contribution in [-0.4, -0.2) is 31.2 Å². The number of hydrogen-bond acceptors (Lipinski definition) is 7. The lowest BCUT2D eigenvalue weighted by molar-refractivity contribution is -0.139. The number of allylic oxidation sites excluding steroid dienone is 1. The van der Waals surface area contributed by atoms with Gasteiger partial charge in [0.25, 0.3) is 5.56 Å². The van der Waals surface area contributed by atoms with Gasteiger partial charge in [-0.3, -0.25) is 9.36 Å². The second-order valence-electron chi connectivity index (χ2n) is 7.30. The SMILES string of the molecule is CCOC(=O)C1=C(C)N=c2s/c(=C/c3ccc(N(C)C)cc3)c(=O)n2C1c1cccs1. The number of carbonyl (C=O) groups excluding carboxylic acids is 1. The van der Waals surface area contributed by atoms with E-state index >= 15 is 0 Å². The van der Waals surface area contributed by atoms with E-state index < -0.39 is 12.0 Å². The smallest absolute Gasteiger partial charge is 0.338 e. The van der Waals surface area contributed by atoms with E-state index in [1.54, 1.807) is 18.4 Å². The molecule has 31 heavy (non-hydrogen) atoms. The molecular weight excluding hydrogens is 430 g/mol. The van der Waals surface area contributed by atoms with Crippen molar-refractivity contribution in [3.63, 3.8) is 0 Å². The van der Waals surface area contributed by atoms with Gasteiger partial charge in [0.05, 0.1) is 22.4 Å². The lowest BCUT2D eigenvalue weighted by Crippen LogP contribution is -2.39. The number of esters is 1. The lowest BCUT2D eigenvalue weighted by atomic mass is 10.0. The Morgan fingerprint density at radius 3 is 2.61 bits per heavy atom. The molecule has 0 fully saturated rings. The van der Waals surface area contributed by atoms with Gasteiger partial charge in [0.1, 0.15) is 6.04 Å². The number of nitrogens with zero attached hydrogens (tertiary/aromatic N) is 3. The quantitative estimate of drug-likeness (QED) is 0.558. The van der Waals surface area contributed by atoms with Gasteiger partial charge < -0.3 is 9.64 Å². The summed E-state index contributed by atoms with van der Waals surface area (Å²) in [6.45, 7) is 3.83. The Morgan fingerprint density at radius 2 is 2.00 bits per heavy atom. The predicted molar refractivity (Wildman–Crippen MR) is 125 cm³/mol. The van der Waals surface area contributed by atoms with Crippen molar-refractivity contribution in [1.29, 1.82) is 0 Å². The van der Waals surface area contributed by atoms with Gasteiger partial charge in [-0.05, 0) is 49.1 Å². The highest BCUT2D eigenvalue weighted by atomic mass is 32.1. The van der Waals surface area contributed by atoms with Crippen LogP contribution >= 0.6 is 22.7 Å². The van der Waals surface area contributed by atoms with Crippen LogP contribution in [0, 0.1) is 0 Å². The molecule has 1 aliphatic heterocycles. The molecule has 0 saturated heterocycles. The van der Waals surface area contributed by atoms with Crippen LogP contribution < -0.4 is 19.8 Å². The number of thiazole rings is 1. The van der Waals surface area contributed by atoms with Gasteiger partial charge in [0, 0.05) is 24.7 Å². The van der Waals surface area contributed by atoms with E-state index in [1.807, 2.05) is 66.8 Å². The second kappa shape index (κ2) is 8.64. The summed E-state index contributed by atoms with van der Waals surface area (Å²) in [5, 5.41) is 1.94. The van der Waals surface area contributed by atoms with Gasteiger partial charge in [0.2, 0.25) is 0 Å². The van der Waals surface area contributed by atoms with Crippen LogP contribution in [0.15, 0.2) is 62.8 Å². The Hall–Kier alpha value is -2.97. The van der Waals surface area contributed by atoms with E-state index in [0.717, 1.165) is 16.1 Å². The van der Waals surface area contributed by atoms with Crippen molar-refractivity contribution in [2.45, 2.75) is 19.9 Å². The third-order valence-electron chi connectivity index (χ3n) is 5.04. The third kappa shape index (κ3) is 4.00. The molecule has 3 aromatic rings. The lowest BCUT2D eigenvalue weighted by Gasteiger charge is -2.23. The van der Waals surface area contributed by atoms with Crippen LogP contribution in [0.4, 0.5) is 5.69 Å². The fourth-order valence-corrected chi connectivity index (χ4v) is 5.40. The molecular formula is C23H23N3O3S2. The highest BCUT2D eigenvalue weighted by Gasteiger charge is 2.33. The molecule has 3 heterocycles. The summed E-state index contributed by atoms with van der Waals surface area (Å²) < 4.78 is 7.49.